The highest BCUT2D eigenvalue weighted by Crippen LogP contribution is 2.24. The number of benzene rings is 2. The smallest absolute Gasteiger partial charge is 0.0909 e. The van der Waals surface area contributed by atoms with Gasteiger partial charge in [0.1, 0.15) is 0 Å². The van der Waals surface area contributed by atoms with Crippen molar-refractivity contribution in [1.82, 2.24) is 9.96 Å². The van der Waals surface area contributed by atoms with Crippen LogP contribution in [-0.4, -0.2) is 37.0 Å². The summed E-state index contributed by atoms with van der Waals surface area (Å²) in [4.78, 5) is 12.2. The van der Waals surface area contributed by atoms with E-state index in [-0.39, 0.29) is 0 Å². The number of hydrogen-bond donors (Lipinski definition) is 0. The van der Waals surface area contributed by atoms with Crippen LogP contribution in [0, 0.1) is 13.8 Å². The molecule has 0 aliphatic carbocycles. The molecule has 4 nitrogen and oxygen atoms in total. The molecule has 0 aliphatic heterocycles. The molecule has 0 saturated carbocycles. The Bertz CT molecular complexity index is 698. The first kappa shape index (κ1) is 19.2. The molecule has 134 valence electrons. The maximum Gasteiger partial charge on any atom is 0.0909 e. The fraction of sp³-hybridized carbons (Fsp3) is 0.381. The Kier molecular flexibility index (Phi) is 7.16. The maximum absolute atomic E-state index is 5.57. The number of aryl methyl sites for hydroxylation is 2. The first-order valence-corrected chi connectivity index (χ1v) is 8.71. The van der Waals surface area contributed by atoms with Gasteiger partial charge in [0.15, 0.2) is 0 Å². The van der Waals surface area contributed by atoms with Gasteiger partial charge in [0.05, 0.1) is 19.1 Å². The Labute approximate surface area is 151 Å². The minimum Gasteiger partial charge on any atom is -0.366 e. The molecule has 0 atom stereocenters. The van der Waals surface area contributed by atoms with Gasteiger partial charge < -0.3 is 9.74 Å². The second-order valence-electron chi connectivity index (χ2n) is 6.35. The molecule has 0 N–H and O–H groups in total. The van der Waals surface area contributed by atoms with Crippen molar-refractivity contribution in [2.45, 2.75) is 33.9 Å². The topological polar surface area (TPSA) is 28.1 Å². The van der Waals surface area contributed by atoms with Crippen LogP contribution in [0.2, 0.25) is 0 Å². The van der Waals surface area contributed by atoms with Gasteiger partial charge in [-0.05, 0) is 49.1 Å². The molecule has 2 aromatic rings. The van der Waals surface area contributed by atoms with Crippen LogP contribution in [0.5, 0.6) is 0 Å². The van der Waals surface area contributed by atoms with Gasteiger partial charge >= 0.3 is 0 Å². The van der Waals surface area contributed by atoms with Crippen LogP contribution in [0.25, 0.3) is 0 Å². The summed E-state index contributed by atoms with van der Waals surface area (Å²) in [5.41, 5.74) is 5.93. The van der Waals surface area contributed by atoms with E-state index in [0.29, 0.717) is 0 Å². The standard InChI is InChI=1S/C21H29N3O/c1-6-23(4)16-22-21-13-17(2)20(12-18(21)3)15-24(25-5)14-19-10-8-7-9-11-19/h7-13,16H,6,14-15H2,1-5H3/b22-16-. The molecule has 4 heteroatoms. The Morgan fingerprint density at radius 2 is 1.76 bits per heavy atom. The highest BCUT2D eigenvalue weighted by Gasteiger charge is 2.10. The van der Waals surface area contributed by atoms with E-state index >= 15 is 0 Å². The van der Waals surface area contributed by atoms with Gasteiger partial charge in [-0.2, -0.15) is 5.06 Å². The van der Waals surface area contributed by atoms with Crippen molar-refractivity contribution in [3.63, 3.8) is 0 Å². The Morgan fingerprint density at radius 1 is 1.04 bits per heavy atom. The van der Waals surface area contributed by atoms with Gasteiger partial charge in [0.25, 0.3) is 0 Å². The van der Waals surface area contributed by atoms with Gasteiger partial charge in [-0.3, -0.25) is 0 Å². The van der Waals surface area contributed by atoms with E-state index in [0.717, 1.165) is 25.3 Å². The fourth-order valence-corrected chi connectivity index (χ4v) is 2.57. The van der Waals surface area contributed by atoms with E-state index in [1.165, 1.54) is 22.3 Å². The zero-order valence-electron chi connectivity index (χ0n) is 16.0. The third kappa shape index (κ3) is 5.69. The van der Waals surface area contributed by atoms with Crippen LogP contribution in [0.4, 0.5) is 5.69 Å². The zero-order valence-corrected chi connectivity index (χ0v) is 16.0. The lowest BCUT2D eigenvalue weighted by Crippen LogP contribution is -2.22. The van der Waals surface area contributed by atoms with E-state index in [1.54, 1.807) is 7.11 Å². The summed E-state index contributed by atoms with van der Waals surface area (Å²) in [5.74, 6) is 0. The fourth-order valence-electron chi connectivity index (χ4n) is 2.57. The number of aliphatic imine (C=N–C) groups is 1. The number of nitrogens with zero attached hydrogens (tertiary/aromatic N) is 3. The lowest BCUT2D eigenvalue weighted by atomic mass is 10.0. The van der Waals surface area contributed by atoms with Crippen LogP contribution < -0.4 is 0 Å². The van der Waals surface area contributed by atoms with Gasteiger partial charge in [-0.1, -0.05) is 36.4 Å². The molecule has 0 amide bonds. The van der Waals surface area contributed by atoms with Crippen molar-refractivity contribution in [3.8, 4) is 0 Å². The van der Waals surface area contributed by atoms with Crippen LogP contribution in [0.1, 0.15) is 29.2 Å². The molecular formula is C21H29N3O. The molecule has 2 rings (SSSR count). The van der Waals surface area contributed by atoms with Crippen molar-refractivity contribution in [2.75, 3.05) is 20.7 Å². The van der Waals surface area contributed by atoms with E-state index in [9.17, 15) is 0 Å². The minimum absolute atomic E-state index is 0.747. The summed E-state index contributed by atoms with van der Waals surface area (Å²) >= 11 is 0. The molecule has 0 spiro atoms. The second-order valence-corrected chi connectivity index (χ2v) is 6.35. The predicted octanol–water partition coefficient (Wildman–Crippen LogP) is 4.48. The normalized spacial score (nSPS) is 11.4. The first-order valence-electron chi connectivity index (χ1n) is 8.71. The predicted molar refractivity (Wildman–Crippen MR) is 105 cm³/mol. The van der Waals surface area contributed by atoms with Gasteiger partial charge in [-0.15, -0.1) is 0 Å². The van der Waals surface area contributed by atoms with Crippen LogP contribution in [-0.2, 0) is 17.9 Å². The molecule has 0 fully saturated rings. The quantitative estimate of drug-likeness (QED) is 0.403. The molecule has 0 aromatic heterocycles. The molecular weight excluding hydrogens is 310 g/mol. The Balaban J connectivity index is 2.13. The summed E-state index contributed by atoms with van der Waals surface area (Å²) < 4.78 is 0. The van der Waals surface area contributed by atoms with E-state index in [2.05, 4.69) is 67.1 Å². The van der Waals surface area contributed by atoms with E-state index in [4.69, 9.17) is 4.84 Å². The second kappa shape index (κ2) is 9.35. The number of hydrogen-bond acceptors (Lipinski definition) is 3. The monoisotopic (exact) mass is 339 g/mol. The highest BCUT2D eigenvalue weighted by molar-refractivity contribution is 5.63. The molecule has 0 bridgehead atoms. The van der Waals surface area contributed by atoms with Crippen molar-refractivity contribution in [3.05, 3.63) is 64.7 Å². The summed E-state index contributed by atoms with van der Waals surface area (Å²) in [6.07, 6.45) is 1.89. The summed E-state index contributed by atoms with van der Waals surface area (Å²) in [5, 5.41) is 1.98. The molecule has 0 radical (unpaired) electrons. The lowest BCUT2D eigenvalue weighted by Gasteiger charge is -2.21. The summed E-state index contributed by atoms with van der Waals surface area (Å²) in [7, 11) is 3.75. The van der Waals surface area contributed by atoms with Gasteiger partial charge in [0.2, 0.25) is 0 Å². The average molecular weight is 339 g/mol. The Morgan fingerprint density at radius 3 is 2.40 bits per heavy atom. The zero-order chi connectivity index (χ0) is 18.2. The van der Waals surface area contributed by atoms with Crippen LogP contribution in [0.3, 0.4) is 0 Å². The summed E-state index contributed by atoms with van der Waals surface area (Å²) in [6, 6.07) is 14.7. The largest absolute Gasteiger partial charge is 0.366 e. The third-order valence-electron chi connectivity index (χ3n) is 4.35. The number of rotatable bonds is 8. The van der Waals surface area contributed by atoms with Crippen LogP contribution >= 0.6 is 0 Å². The van der Waals surface area contributed by atoms with Crippen molar-refractivity contribution >= 4 is 12.0 Å². The van der Waals surface area contributed by atoms with Crippen molar-refractivity contribution in [2.24, 2.45) is 4.99 Å². The first-order chi connectivity index (χ1) is 12.0. The molecule has 0 saturated heterocycles. The van der Waals surface area contributed by atoms with E-state index < -0.39 is 0 Å². The van der Waals surface area contributed by atoms with Crippen molar-refractivity contribution in [1.29, 1.82) is 0 Å². The molecule has 2 aromatic carbocycles. The van der Waals surface area contributed by atoms with E-state index in [1.807, 2.05) is 24.5 Å². The molecule has 25 heavy (non-hydrogen) atoms. The van der Waals surface area contributed by atoms with Crippen LogP contribution in [0.15, 0.2) is 47.5 Å². The molecule has 0 heterocycles. The minimum atomic E-state index is 0.747. The number of hydroxylamine groups is 2. The SMILES string of the molecule is CCN(C)/C=N\c1cc(C)c(CN(Cc2ccccc2)OC)cc1C. The van der Waals surface area contributed by atoms with Gasteiger partial charge in [-0.25, -0.2) is 4.99 Å². The highest BCUT2D eigenvalue weighted by atomic mass is 16.7. The van der Waals surface area contributed by atoms with Crippen molar-refractivity contribution < 1.29 is 4.84 Å². The maximum atomic E-state index is 5.57. The molecule has 0 aliphatic rings. The average Bonchev–Trinajstić information content (AvgIpc) is 2.63. The molecule has 0 unspecified atom stereocenters. The summed E-state index contributed by atoms with van der Waals surface area (Å²) in [6.45, 7) is 8.80. The Hall–Kier alpha value is -2.17. The third-order valence-corrected chi connectivity index (χ3v) is 4.35. The van der Waals surface area contributed by atoms with Gasteiger partial charge in [0, 0.05) is 26.7 Å². The lowest BCUT2D eigenvalue weighted by molar-refractivity contribution is -0.146.